The Hall–Kier alpha value is -13.5. The Kier molecular flexibility index (Phi) is 35.2. The van der Waals surface area contributed by atoms with E-state index in [0.717, 1.165) is 149 Å². The molecule has 5 aliphatic heterocycles. The fourth-order valence-electron chi connectivity index (χ4n) is 19.2. The molecule has 742 valence electrons. The summed E-state index contributed by atoms with van der Waals surface area (Å²) < 4.78 is 16.3. The number of nitrogens with one attached hydrogen (secondary N) is 1. The molecule has 0 unspecified atom stereocenters. The highest BCUT2D eigenvalue weighted by Crippen LogP contribution is 2.37. The van der Waals surface area contributed by atoms with Gasteiger partial charge in [-0.2, -0.15) is 0 Å². The van der Waals surface area contributed by atoms with Gasteiger partial charge >= 0.3 is 18.3 Å². The van der Waals surface area contributed by atoms with E-state index in [0.29, 0.717) is 98.1 Å². The van der Waals surface area contributed by atoms with Crippen molar-refractivity contribution in [1.29, 1.82) is 0 Å². The Morgan fingerprint density at radius 3 is 0.855 bits per heavy atom. The zero-order chi connectivity index (χ0) is 102. The summed E-state index contributed by atoms with van der Waals surface area (Å²) in [5.74, 6) is 4.07. The first-order chi connectivity index (χ1) is 70.2. The number of benzene rings is 15. The Morgan fingerprint density at radius 1 is 0.310 bits per heavy atom. The summed E-state index contributed by atoms with van der Waals surface area (Å²) >= 11 is 33.0. The third-order valence-corrected chi connectivity index (χ3v) is 28.0. The first-order valence-corrected chi connectivity index (χ1v) is 52.0. The Balaban J connectivity index is 0.000000130. The third-order valence-electron chi connectivity index (χ3n) is 26.2. The summed E-state index contributed by atoms with van der Waals surface area (Å²) in [7, 11) is 0. The van der Waals surface area contributed by atoms with Crippen LogP contribution in [0, 0.1) is 11.3 Å². The van der Waals surface area contributed by atoms with Gasteiger partial charge in [0.25, 0.3) is 0 Å². The molecular formula is C123H123Cl5N10O7. The van der Waals surface area contributed by atoms with Gasteiger partial charge in [0.15, 0.2) is 0 Å². The molecule has 15 aromatic carbocycles. The van der Waals surface area contributed by atoms with E-state index in [1.807, 2.05) is 145 Å². The van der Waals surface area contributed by atoms with E-state index >= 15 is 0 Å². The molecule has 0 saturated heterocycles. The van der Waals surface area contributed by atoms with Crippen LogP contribution in [0.15, 0.2) is 328 Å². The fraction of sp³-hybridized carbons (Fsp3) is 0.276. The number of halogens is 5. The summed E-state index contributed by atoms with van der Waals surface area (Å²) in [6.45, 7) is 24.3. The van der Waals surface area contributed by atoms with Crippen molar-refractivity contribution >= 4 is 165 Å². The Bertz CT molecular complexity index is 7380. The van der Waals surface area contributed by atoms with Gasteiger partial charge in [-0.1, -0.05) is 366 Å². The molecule has 5 aliphatic rings. The van der Waals surface area contributed by atoms with Gasteiger partial charge in [0.05, 0.1) is 65.6 Å². The van der Waals surface area contributed by atoms with Crippen LogP contribution in [0.4, 0.5) is 14.4 Å². The second-order valence-electron chi connectivity index (χ2n) is 38.8. The minimum Gasteiger partial charge on any atom is -0.449 e. The molecule has 0 atom stereocenters. The highest BCUT2D eigenvalue weighted by Gasteiger charge is 2.37. The normalized spacial score (nSPS) is 13.9. The third kappa shape index (κ3) is 25.9. The zero-order valence-electron chi connectivity index (χ0n) is 83.8. The number of nitrogens with zero attached hydrogens (tertiary/aromatic N) is 9. The van der Waals surface area contributed by atoms with Gasteiger partial charge in [0, 0.05) is 71.4 Å². The summed E-state index contributed by atoms with van der Waals surface area (Å²) in [5.41, 5.74) is 15.6. The Morgan fingerprint density at radius 2 is 0.572 bits per heavy atom. The number of fused-ring (bicyclic) bond motifs is 5. The number of carbonyl (C=O) groups is 4. The van der Waals surface area contributed by atoms with E-state index in [4.69, 9.17) is 77.2 Å². The van der Waals surface area contributed by atoms with Crippen LogP contribution in [-0.2, 0) is 83.2 Å². The van der Waals surface area contributed by atoms with Crippen molar-refractivity contribution in [2.45, 2.75) is 132 Å². The molecule has 0 spiro atoms. The minimum atomic E-state index is -0.559. The lowest BCUT2D eigenvalue weighted by Crippen LogP contribution is -2.42. The van der Waals surface area contributed by atoms with E-state index in [1.54, 1.807) is 21.6 Å². The van der Waals surface area contributed by atoms with E-state index < -0.39 is 11.0 Å². The largest absolute Gasteiger partial charge is 0.449 e. The number of carbonyl (C=O) groups excluding carboxylic acids is 4. The zero-order valence-corrected chi connectivity index (χ0v) is 87.6. The van der Waals surface area contributed by atoms with Crippen molar-refractivity contribution in [3.63, 3.8) is 0 Å². The standard InChI is InChI=1S/2C26H27ClN2O2.C26H27ClN2O.C24H23ClN2O2.C21H19ClN2/c1-26(2,3)31-25(30)29-17-16-28-24(29)22-12-7-13-23(27)21(22)15-14-19-10-6-9-18-8-4-5-11-20(18)19;1-18(2)17-31-26(30)29-16-15-28-25(29)23-11-6-12-24(27)22(23)14-13-20-9-5-8-19-7-3-4-10-21(19)20;1-26(2,3)25(30)29-17-16-28-24(29)22-12-7-13-23(27)21(22)15-14-19-10-6-9-18-8-4-5-11-20(18)19;1-2-29-24(28)27-16-15-26-23(27)21-11-6-12-22(25)20(21)14-13-18-9-5-8-17-7-3-4-10-19(17)18;22-20-10-4-9-19(21-23-13-14-24-21)18(20)12-11-16-7-3-6-15-5-1-2-8-17(15)16/h4-13H,14-17H2,1-3H3;3-12,18H,13-17H2,1-2H3;4-13H,14-17H2,1-3H3;3-12H,2,13-16H2,1H3;1-10H,11-14H2,(H,23,24). The monoisotopic (exact) mass is 2030 g/mol. The minimum absolute atomic E-state index is 0.0960. The number of aryl methyl sites for hydroxylation is 5. The molecule has 0 bridgehead atoms. The van der Waals surface area contributed by atoms with Crippen LogP contribution in [0.3, 0.4) is 0 Å². The van der Waals surface area contributed by atoms with Crippen molar-refractivity contribution < 1.29 is 33.4 Å². The SMILES string of the molecule is CC(C)(C)C(=O)N1CCN=C1c1cccc(Cl)c1CCc1cccc2ccccc12.CC(C)(C)OC(=O)N1CCN=C1c1cccc(Cl)c1CCc1cccc2ccccc12.CC(C)COC(=O)N1CCN=C1c1cccc(Cl)c1CCc1cccc2ccccc12.CCOC(=O)N1CCN=C1c1cccc(Cl)c1CCc1cccc2ccccc12.Clc1cccc(C2=NCCN2)c1CCc1cccc2ccccc12. The van der Waals surface area contributed by atoms with Gasteiger partial charge in [-0.05, 0) is 238 Å². The topological polar surface area (TPSA) is 183 Å². The molecule has 4 amide bonds. The molecule has 20 rings (SSSR count). The summed E-state index contributed by atoms with van der Waals surface area (Å²) in [6.07, 6.45) is 7.29. The molecule has 145 heavy (non-hydrogen) atoms. The molecule has 5 heterocycles. The number of ether oxygens (including phenoxy) is 3. The van der Waals surface area contributed by atoms with E-state index in [2.05, 4.69) is 244 Å². The van der Waals surface area contributed by atoms with Gasteiger partial charge in [-0.25, -0.2) is 14.4 Å². The fourth-order valence-corrected chi connectivity index (χ4v) is 20.6. The molecule has 0 aliphatic carbocycles. The summed E-state index contributed by atoms with van der Waals surface area (Å²) in [4.78, 5) is 80.5. The summed E-state index contributed by atoms with van der Waals surface area (Å²) in [6, 6.07) is 104. The van der Waals surface area contributed by atoms with Crippen molar-refractivity contribution in [3.05, 3.63) is 412 Å². The smallest absolute Gasteiger partial charge is 0.416 e. The molecule has 17 nitrogen and oxygen atoms in total. The number of hydrogen-bond acceptors (Lipinski definition) is 13. The molecule has 0 radical (unpaired) electrons. The van der Waals surface area contributed by atoms with E-state index in [1.165, 1.54) is 87.2 Å². The van der Waals surface area contributed by atoms with Gasteiger partial charge in [0.2, 0.25) is 5.91 Å². The highest BCUT2D eigenvalue weighted by atomic mass is 35.5. The first-order valence-electron chi connectivity index (χ1n) is 50.1. The molecule has 1 N–H and O–H groups in total. The predicted octanol–water partition coefficient (Wildman–Crippen LogP) is 28.4. The van der Waals surface area contributed by atoms with Gasteiger partial charge in [0.1, 0.15) is 34.8 Å². The maximum Gasteiger partial charge on any atom is 0.416 e. The number of amidine groups is 5. The van der Waals surface area contributed by atoms with E-state index in [-0.39, 0.29) is 30.1 Å². The number of amides is 4. The highest BCUT2D eigenvalue weighted by molar-refractivity contribution is 6.34. The average Bonchev–Trinajstić information content (AvgIpc) is 1.69. The van der Waals surface area contributed by atoms with Gasteiger partial charge in [-0.3, -0.25) is 49.4 Å². The van der Waals surface area contributed by atoms with Crippen LogP contribution in [0.5, 0.6) is 0 Å². The second kappa shape index (κ2) is 48.9. The molecular weight excluding hydrogens is 1910 g/mol. The second-order valence-corrected chi connectivity index (χ2v) is 40.8. The van der Waals surface area contributed by atoms with Gasteiger partial charge in [-0.15, -0.1) is 0 Å². The molecule has 15 aromatic rings. The number of aliphatic imine (C=N–C) groups is 5. The van der Waals surface area contributed by atoms with Crippen molar-refractivity contribution in [3.8, 4) is 0 Å². The van der Waals surface area contributed by atoms with Crippen LogP contribution in [0.2, 0.25) is 25.1 Å². The summed E-state index contributed by atoms with van der Waals surface area (Å²) in [5, 5.41) is 19.6. The van der Waals surface area contributed by atoms with Crippen molar-refractivity contribution in [2.24, 2.45) is 36.3 Å². The van der Waals surface area contributed by atoms with Crippen LogP contribution < -0.4 is 5.32 Å². The predicted molar refractivity (Wildman–Crippen MR) is 600 cm³/mol. The molecule has 0 fully saturated rings. The van der Waals surface area contributed by atoms with E-state index in [9.17, 15) is 19.2 Å². The maximum absolute atomic E-state index is 13.0. The maximum atomic E-state index is 13.0. The van der Waals surface area contributed by atoms with Crippen LogP contribution in [-0.4, -0.2) is 157 Å². The van der Waals surface area contributed by atoms with Crippen molar-refractivity contribution in [2.75, 3.05) is 78.7 Å². The lowest BCUT2D eigenvalue weighted by Gasteiger charge is -2.27. The lowest BCUT2D eigenvalue weighted by atomic mass is 9.93. The van der Waals surface area contributed by atoms with Crippen molar-refractivity contribution in [1.82, 2.24) is 24.9 Å². The molecule has 22 heteroatoms. The van der Waals surface area contributed by atoms with Crippen LogP contribution in [0.1, 0.15) is 146 Å². The first kappa shape index (κ1) is 104. The van der Waals surface area contributed by atoms with Gasteiger partial charge < -0.3 is 19.5 Å². The molecule has 0 saturated carbocycles. The Labute approximate surface area is 876 Å². The average molecular weight is 2030 g/mol. The number of rotatable bonds is 23. The van der Waals surface area contributed by atoms with Crippen LogP contribution in [0.25, 0.3) is 53.9 Å². The quantitative estimate of drug-likeness (QED) is 0.0614. The van der Waals surface area contributed by atoms with Crippen LogP contribution >= 0.6 is 58.0 Å². The number of hydrogen-bond donors (Lipinski definition) is 1. The molecule has 0 aromatic heterocycles. The lowest BCUT2D eigenvalue weighted by molar-refractivity contribution is -0.134.